The highest BCUT2D eigenvalue weighted by molar-refractivity contribution is 7.12. The quantitative estimate of drug-likeness (QED) is 0.814. The molecule has 0 saturated carbocycles. The summed E-state index contributed by atoms with van der Waals surface area (Å²) >= 11 is 1.53. The Labute approximate surface area is 128 Å². The maximum absolute atomic E-state index is 11.4. The summed E-state index contributed by atoms with van der Waals surface area (Å²) in [5.74, 6) is 0.140. The summed E-state index contributed by atoms with van der Waals surface area (Å²) in [5.41, 5.74) is 2.33. The average molecular weight is 302 g/mol. The number of carbonyl (C=O) groups is 1. The van der Waals surface area contributed by atoms with Crippen LogP contribution in [0.3, 0.4) is 0 Å². The van der Waals surface area contributed by atoms with Gasteiger partial charge in [0.15, 0.2) is 5.78 Å². The highest BCUT2D eigenvalue weighted by Crippen LogP contribution is 2.24. The second-order valence-electron chi connectivity index (χ2n) is 5.26. The Kier molecular flexibility index (Phi) is 4.43. The predicted molar refractivity (Wildman–Crippen MR) is 82.5 cm³/mol. The van der Waals surface area contributed by atoms with Crippen LogP contribution >= 0.6 is 11.3 Å². The molecule has 1 unspecified atom stereocenters. The van der Waals surface area contributed by atoms with Gasteiger partial charge in [-0.25, -0.2) is 0 Å². The zero-order chi connectivity index (χ0) is 14.7. The molecular formula is C16H18N2O2S. The van der Waals surface area contributed by atoms with Crippen molar-refractivity contribution in [3.05, 3.63) is 52.0 Å². The van der Waals surface area contributed by atoms with Crippen LogP contribution in [0.15, 0.2) is 36.0 Å². The van der Waals surface area contributed by atoms with Crippen molar-refractivity contribution in [2.45, 2.75) is 19.6 Å². The number of ether oxygens (including phenoxy) is 1. The number of pyridine rings is 1. The predicted octanol–water partition coefficient (Wildman–Crippen LogP) is 2.92. The van der Waals surface area contributed by atoms with Crippen molar-refractivity contribution in [2.75, 3.05) is 19.7 Å². The van der Waals surface area contributed by atoms with Gasteiger partial charge in [-0.3, -0.25) is 14.7 Å². The molecule has 21 heavy (non-hydrogen) atoms. The van der Waals surface area contributed by atoms with E-state index in [0.717, 1.165) is 36.7 Å². The van der Waals surface area contributed by atoms with Gasteiger partial charge < -0.3 is 4.74 Å². The molecule has 0 spiro atoms. The first-order valence-corrected chi connectivity index (χ1v) is 7.92. The van der Waals surface area contributed by atoms with E-state index in [0.29, 0.717) is 0 Å². The first-order valence-electron chi connectivity index (χ1n) is 7.04. The Bertz CT molecular complexity index is 612. The van der Waals surface area contributed by atoms with Crippen LogP contribution < -0.4 is 0 Å². The number of carbonyl (C=O) groups excluding carboxylic acids is 1. The van der Waals surface area contributed by atoms with Gasteiger partial charge in [0, 0.05) is 37.6 Å². The molecule has 1 aliphatic heterocycles. The van der Waals surface area contributed by atoms with Gasteiger partial charge in [0.05, 0.1) is 17.6 Å². The minimum atomic E-state index is 0.0818. The molecule has 4 nitrogen and oxygen atoms in total. The van der Waals surface area contributed by atoms with Gasteiger partial charge in [-0.15, -0.1) is 11.3 Å². The molecular weight excluding hydrogens is 284 g/mol. The highest BCUT2D eigenvalue weighted by Gasteiger charge is 2.22. The van der Waals surface area contributed by atoms with E-state index >= 15 is 0 Å². The summed E-state index contributed by atoms with van der Waals surface area (Å²) in [7, 11) is 0. The lowest BCUT2D eigenvalue weighted by atomic mass is 10.1. The van der Waals surface area contributed by atoms with E-state index in [9.17, 15) is 4.79 Å². The number of hydrogen-bond acceptors (Lipinski definition) is 5. The van der Waals surface area contributed by atoms with Crippen LogP contribution in [0.1, 0.15) is 33.8 Å². The second-order valence-corrected chi connectivity index (χ2v) is 6.17. The minimum Gasteiger partial charge on any atom is -0.371 e. The molecule has 0 radical (unpaired) electrons. The first-order chi connectivity index (χ1) is 10.2. The van der Waals surface area contributed by atoms with Gasteiger partial charge >= 0.3 is 0 Å². The fraction of sp³-hybridized carbons (Fsp3) is 0.375. The highest BCUT2D eigenvalue weighted by atomic mass is 32.1. The van der Waals surface area contributed by atoms with E-state index in [1.54, 1.807) is 13.1 Å². The molecule has 3 heterocycles. The molecule has 0 aromatic carbocycles. The largest absolute Gasteiger partial charge is 0.371 e. The SMILES string of the molecule is CC(=O)c1cc(CN2CCOC(c3cccnc3)C2)cs1. The molecule has 5 heteroatoms. The molecule has 0 amide bonds. The number of ketones is 1. The summed E-state index contributed by atoms with van der Waals surface area (Å²) in [6, 6.07) is 6.00. The average Bonchev–Trinajstić information content (AvgIpc) is 2.97. The fourth-order valence-corrected chi connectivity index (χ4v) is 3.32. The van der Waals surface area contributed by atoms with Crippen molar-refractivity contribution in [1.82, 2.24) is 9.88 Å². The summed E-state index contributed by atoms with van der Waals surface area (Å²) in [4.78, 5) is 18.7. The van der Waals surface area contributed by atoms with E-state index < -0.39 is 0 Å². The molecule has 1 saturated heterocycles. The standard InChI is InChI=1S/C16H18N2O2S/c1-12(19)16-7-13(11-21-16)9-18-5-6-20-15(10-18)14-3-2-4-17-8-14/h2-4,7-8,11,15H,5-6,9-10H2,1H3. The van der Waals surface area contributed by atoms with Crippen molar-refractivity contribution in [3.63, 3.8) is 0 Å². The summed E-state index contributed by atoms with van der Waals surface area (Å²) in [5, 5.41) is 2.07. The van der Waals surface area contributed by atoms with E-state index in [1.165, 1.54) is 16.9 Å². The molecule has 2 aromatic heterocycles. The summed E-state index contributed by atoms with van der Waals surface area (Å²) < 4.78 is 5.84. The van der Waals surface area contributed by atoms with Crippen LogP contribution in [0.4, 0.5) is 0 Å². The second kappa shape index (κ2) is 6.47. The van der Waals surface area contributed by atoms with Crippen molar-refractivity contribution in [2.24, 2.45) is 0 Å². The van der Waals surface area contributed by atoms with E-state index in [-0.39, 0.29) is 11.9 Å². The molecule has 110 valence electrons. The number of Topliss-reactive ketones (excluding diaryl/α,β-unsaturated/α-hetero) is 1. The lowest BCUT2D eigenvalue weighted by Crippen LogP contribution is -2.37. The number of morpholine rings is 1. The van der Waals surface area contributed by atoms with Crippen LogP contribution in [0.5, 0.6) is 0 Å². The Hall–Kier alpha value is -1.56. The molecule has 1 aliphatic rings. The fourth-order valence-electron chi connectivity index (χ4n) is 2.52. The van der Waals surface area contributed by atoms with Crippen LogP contribution in [0.2, 0.25) is 0 Å². The number of rotatable bonds is 4. The normalized spacial score (nSPS) is 19.6. The summed E-state index contributed by atoms with van der Waals surface area (Å²) in [6.07, 6.45) is 3.73. The Morgan fingerprint density at radius 1 is 1.57 bits per heavy atom. The van der Waals surface area contributed by atoms with Gasteiger partial charge in [-0.1, -0.05) is 6.07 Å². The van der Waals surface area contributed by atoms with Crippen LogP contribution in [-0.4, -0.2) is 35.4 Å². The van der Waals surface area contributed by atoms with Crippen molar-refractivity contribution < 1.29 is 9.53 Å². The molecule has 3 rings (SSSR count). The molecule has 0 N–H and O–H groups in total. The van der Waals surface area contributed by atoms with E-state index in [4.69, 9.17) is 4.74 Å². The van der Waals surface area contributed by atoms with Crippen LogP contribution in [0.25, 0.3) is 0 Å². The number of aromatic nitrogens is 1. The van der Waals surface area contributed by atoms with Crippen molar-refractivity contribution >= 4 is 17.1 Å². The first kappa shape index (κ1) is 14.4. The van der Waals surface area contributed by atoms with Crippen molar-refractivity contribution in [3.8, 4) is 0 Å². The van der Waals surface area contributed by atoms with E-state index in [1.807, 2.05) is 18.3 Å². The Morgan fingerprint density at radius 2 is 2.48 bits per heavy atom. The lowest BCUT2D eigenvalue weighted by Gasteiger charge is -2.32. The van der Waals surface area contributed by atoms with Crippen LogP contribution in [0, 0.1) is 0 Å². The summed E-state index contributed by atoms with van der Waals surface area (Å²) in [6.45, 7) is 4.98. The van der Waals surface area contributed by atoms with Gasteiger partial charge in [0.1, 0.15) is 0 Å². The third-order valence-electron chi connectivity index (χ3n) is 3.61. The third-order valence-corrected chi connectivity index (χ3v) is 4.69. The molecule has 0 bridgehead atoms. The zero-order valence-corrected chi connectivity index (χ0v) is 12.8. The zero-order valence-electron chi connectivity index (χ0n) is 12.0. The Balaban J connectivity index is 1.64. The topological polar surface area (TPSA) is 42.4 Å². The Morgan fingerprint density at radius 3 is 3.19 bits per heavy atom. The smallest absolute Gasteiger partial charge is 0.169 e. The third kappa shape index (κ3) is 3.56. The lowest BCUT2D eigenvalue weighted by molar-refractivity contribution is -0.0330. The molecule has 1 atom stereocenters. The minimum absolute atomic E-state index is 0.0818. The number of nitrogens with zero attached hydrogens (tertiary/aromatic N) is 2. The monoisotopic (exact) mass is 302 g/mol. The van der Waals surface area contributed by atoms with Gasteiger partial charge in [-0.2, -0.15) is 0 Å². The van der Waals surface area contributed by atoms with Gasteiger partial charge in [-0.05, 0) is 30.0 Å². The maximum Gasteiger partial charge on any atom is 0.169 e. The van der Waals surface area contributed by atoms with Gasteiger partial charge in [0.2, 0.25) is 0 Å². The van der Waals surface area contributed by atoms with Crippen LogP contribution in [-0.2, 0) is 11.3 Å². The van der Waals surface area contributed by atoms with E-state index in [2.05, 4.69) is 21.3 Å². The van der Waals surface area contributed by atoms with Crippen molar-refractivity contribution in [1.29, 1.82) is 0 Å². The van der Waals surface area contributed by atoms with Gasteiger partial charge in [0.25, 0.3) is 0 Å². The maximum atomic E-state index is 11.4. The number of thiophene rings is 1. The molecule has 2 aromatic rings. The molecule has 0 aliphatic carbocycles. The molecule has 1 fully saturated rings. The number of hydrogen-bond donors (Lipinski definition) is 0.